The minimum Gasteiger partial charge on any atom is -0.296 e. The number of ketones is 1. The smallest absolute Gasteiger partial charge is 0.182 e. The van der Waals surface area contributed by atoms with Gasteiger partial charge in [-0.25, -0.2) is 8.78 Å². The van der Waals surface area contributed by atoms with Crippen LogP contribution in [0.4, 0.5) is 8.78 Å². The molecule has 0 saturated carbocycles. The van der Waals surface area contributed by atoms with Crippen LogP contribution in [0.15, 0.2) is 18.2 Å². The minimum absolute atomic E-state index is 0.102. The lowest BCUT2D eigenvalue weighted by Gasteiger charge is -2.19. The summed E-state index contributed by atoms with van der Waals surface area (Å²) in [5.74, 6) is -1.35. The molecular formula is C15H19F2NO. The molecule has 1 aromatic rings. The standard InChI is InChI=1S/C15H19F2NO/c1-11-4-3-8-18(9-7-11)10-14(19)15-12(16)5-2-6-13(15)17/h2,5-6,11H,3-4,7-10H2,1H3. The third-order valence-corrected chi connectivity index (χ3v) is 3.72. The Morgan fingerprint density at radius 1 is 1.26 bits per heavy atom. The SMILES string of the molecule is CC1CCCN(CC(=O)c2c(F)cccc2F)CC1. The van der Waals surface area contributed by atoms with Gasteiger partial charge in [-0.15, -0.1) is 0 Å². The molecule has 104 valence electrons. The molecule has 0 bridgehead atoms. The van der Waals surface area contributed by atoms with Crippen molar-refractivity contribution >= 4 is 5.78 Å². The maximum Gasteiger partial charge on any atom is 0.182 e. The zero-order chi connectivity index (χ0) is 13.8. The van der Waals surface area contributed by atoms with E-state index >= 15 is 0 Å². The van der Waals surface area contributed by atoms with Gasteiger partial charge in [0.15, 0.2) is 5.78 Å². The van der Waals surface area contributed by atoms with Gasteiger partial charge in [0, 0.05) is 0 Å². The Morgan fingerprint density at radius 2 is 1.95 bits per heavy atom. The molecule has 2 rings (SSSR count). The van der Waals surface area contributed by atoms with E-state index in [0.29, 0.717) is 5.92 Å². The highest BCUT2D eigenvalue weighted by Crippen LogP contribution is 2.18. The first-order chi connectivity index (χ1) is 9.08. The molecule has 4 heteroatoms. The highest BCUT2D eigenvalue weighted by Gasteiger charge is 2.21. The fraction of sp³-hybridized carbons (Fsp3) is 0.533. The summed E-state index contributed by atoms with van der Waals surface area (Å²) in [4.78, 5) is 14.0. The van der Waals surface area contributed by atoms with Gasteiger partial charge in [-0.1, -0.05) is 13.0 Å². The van der Waals surface area contributed by atoms with Gasteiger partial charge in [-0.3, -0.25) is 9.69 Å². The summed E-state index contributed by atoms with van der Waals surface area (Å²) in [6, 6.07) is 3.52. The lowest BCUT2D eigenvalue weighted by molar-refractivity contribution is 0.0924. The van der Waals surface area contributed by atoms with Crippen LogP contribution in [-0.4, -0.2) is 30.3 Å². The Balaban J connectivity index is 2.04. The van der Waals surface area contributed by atoms with Crippen molar-refractivity contribution in [3.63, 3.8) is 0 Å². The number of likely N-dealkylation sites (tertiary alicyclic amines) is 1. The normalized spacial score (nSPS) is 21.1. The van der Waals surface area contributed by atoms with Crippen LogP contribution in [0.5, 0.6) is 0 Å². The topological polar surface area (TPSA) is 20.3 Å². The molecule has 1 fully saturated rings. The molecule has 1 aliphatic heterocycles. The molecule has 2 nitrogen and oxygen atoms in total. The van der Waals surface area contributed by atoms with Crippen molar-refractivity contribution in [3.8, 4) is 0 Å². The first-order valence-corrected chi connectivity index (χ1v) is 6.77. The van der Waals surface area contributed by atoms with Gasteiger partial charge in [-0.2, -0.15) is 0 Å². The molecule has 1 aliphatic rings. The average molecular weight is 267 g/mol. The third-order valence-electron chi connectivity index (χ3n) is 3.72. The Labute approximate surface area is 112 Å². The van der Waals surface area contributed by atoms with Crippen molar-refractivity contribution < 1.29 is 13.6 Å². The number of nitrogens with zero attached hydrogens (tertiary/aromatic N) is 1. The van der Waals surface area contributed by atoms with Gasteiger partial charge in [0.05, 0.1) is 12.1 Å². The van der Waals surface area contributed by atoms with Crippen LogP contribution < -0.4 is 0 Å². The number of rotatable bonds is 3. The number of benzene rings is 1. The van der Waals surface area contributed by atoms with Gasteiger partial charge in [0.25, 0.3) is 0 Å². The molecular weight excluding hydrogens is 248 g/mol. The summed E-state index contributed by atoms with van der Waals surface area (Å²) in [5, 5.41) is 0. The van der Waals surface area contributed by atoms with Gasteiger partial charge in [0.2, 0.25) is 0 Å². The van der Waals surface area contributed by atoms with Crippen molar-refractivity contribution in [3.05, 3.63) is 35.4 Å². The Morgan fingerprint density at radius 3 is 2.63 bits per heavy atom. The number of Topliss-reactive ketones (excluding diaryl/α,β-unsaturated/α-hetero) is 1. The summed E-state index contributed by atoms with van der Waals surface area (Å²) in [5.41, 5.74) is -0.403. The third kappa shape index (κ3) is 3.60. The second-order valence-electron chi connectivity index (χ2n) is 5.33. The molecule has 0 amide bonds. The van der Waals surface area contributed by atoms with Gasteiger partial charge >= 0.3 is 0 Å². The van der Waals surface area contributed by atoms with Crippen LogP contribution in [0, 0.1) is 17.6 Å². The van der Waals surface area contributed by atoms with Crippen LogP contribution >= 0.6 is 0 Å². The van der Waals surface area contributed by atoms with Crippen LogP contribution in [0.25, 0.3) is 0 Å². The van der Waals surface area contributed by atoms with Crippen molar-refractivity contribution in [2.24, 2.45) is 5.92 Å². The van der Waals surface area contributed by atoms with E-state index in [1.54, 1.807) is 0 Å². The molecule has 1 saturated heterocycles. The second-order valence-corrected chi connectivity index (χ2v) is 5.33. The number of hydrogen-bond donors (Lipinski definition) is 0. The molecule has 1 atom stereocenters. The number of halogens is 2. The van der Waals surface area contributed by atoms with E-state index in [1.165, 1.54) is 6.07 Å². The minimum atomic E-state index is -0.770. The van der Waals surface area contributed by atoms with Gasteiger partial charge in [0.1, 0.15) is 11.6 Å². The van der Waals surface area contributed by atoms with E-state index < -0.39 is 23.0 Å². The van der Waals surface area contributed by atoms with E-state index in [0.717, 1.165) is 44.5 Å². The van der Waals surface area contributed by atoms with Crippen molar-refractivity contribution in [2.75, 3.05) is 19.6 Å². The monoisotopic (exact) mass is 267 g/mol. The van der Waals surface area contributed by atoms with Gasteiger partial charge < -0.3 is 0 Å². The molecule has 19 heavy (non-hydrogen) atoms. The van der Waals surface area contributed by atoms with E-state index in [4.69, 9.17) is 0 Å². The number of carbonyl (C=O) groups is 1. The highest BCUT2D eigenvalue weighted by molar-refractivity contribution is 5.98. The maximum atomic E-state index is 13.5. The molecule has 0 N–H and O–H groups in total. The van der Waals surface area contributed by atoms with Gasteiger partial charge in [-0.05, 0) is 50.4 Å². The summed E-state index contributed by atoms with van der Waals surface area (Å²) >= 11 is 0. The zero-order valence-electron chi connectivity index (χ0n) is 11.2. The Kier molecular flexibility index (Phi) is 4.64. The second kappa shape index (κ2) is 6.24. The number of hydrogen-bond acceptors (Lipinski definition) is 2. The molecule has 0 aromatic heterocycles. The van der Waals surface area contributed by atoms with Crippen LogP contribution in [0.3, 0.4) is 0 Å². The molecule has 0 radical (unpaired) electrons. The number of carbonyl (C=O) groups excluding carboxylic acids is 1. The summed E-state index contributed by atoms with van der Waals surface area (Å²) in [6.45, 7) is 3.95. The average Bonchev–Trinajstić information content (AvgIpc) is 2.54. The largest absolute Gasteiger partial charge is 0.296 e. The molecule has 1 unspecified atom stereocenters. The van der Waals surface area contributed by atoms with E-state index in [9.17, 15) is 13.6 Å². The van der Waals surface area contributed by atoms with Crippen LogP contribution in [0.2, 0.25) is 0 Å². The van der Waals surface area contributed by atoms with Crippen molar-refractivity contribution in [1.29, 1.82) is 0 Å². The van der Waals surface area contributed by atoms with E-state index in [2.05, 4.69) is 6.92 Å². The highest BCUT2D eigenvalue weighted by atomic mass is 19.1. The zero-order valence-corrected chi connectivity index (χ0v) is 11.2. The lowest BCUT2D eigenvalue weighted by Crippen LogP contribution is -2.31. The van der Waals surface area contributed by atoms with E-state index in [-0.39, 0.29) is 6.54 Å². The maximum absolute atomic E-state index is 13.5. The predicted octanol–water partition coefficient (Wildman–Crippen LogP) is 3.27. The summed E-state index contributed by atoms with van der Waals surface area (Å²) in [6.07, 6.45) is 3.22. The van der Waals surface area contributed by atoms with E-state index in [1.807, 2.05) is 4.90 Å². The van der Waals surface area contributed by atoms with Crippen LogP contribution in [-0.2, 0) is 0 Å². The first-order valence-electron chi connectivity index (χ1n) is 6.77. The Bertz CT molecular complexity index is 441. The Hall–Kier alpha value is -1.29. The van der Waals surface area contributed by atoms with Crippen molar-refractivity contribution in [2.45, 2.75) is 26.2 Å². The fourth-order valence-corrected chi connectivity index (χ4v) is 2.53. The van der Waals surface area contributed by atoms with Crippen LogP contribution in [0.1, 0.15) is 36.5 Å². The lowest BCUT2D eigenvalue weighted by atomic mass is 10.0. The molecule has 1 heterocycles. The first kappa shape index (κ1) is 14.1. The summed E-state index contributed by atoms with van der Waals surface area (Å²) in [7, 11) is 0. The summed E-state index contributed by atoms with van der Waals surface area (Å²) < 4.78 is 27.0. The predicted molar refractivity (Wildman–Crippen MR) is 70.1 cm³/mol. The quantitative estimate of drug-likeness (QED) is 0.783. The molecule has 1 aromatic carbocycles. The van der Waals surface area contributed by atoms with Crippen molar-refractivity contribution in [1.82, 2.24) is 4.90 Å². The molecule has 0 aliphatic carbocycles. The molecule has 0 spiro atoms. The fourth-order valence-electron chi connectivity index (χ4n) is 2.53.